The monoisotopic (exact) mass is 412 g/mol. The number of aromatic amines is 1. The molecular formula is C19H20N6O5. The van der Waals surface area contributed by atoms with Crippen molar-refractivity contribution in [1.82, 2.24) is 9.97 Å². The van der Waals surface area contributed by atoms with Crippen LogP contribution < -0.4 is 21.1 Å². The topological polar surface area (TPSA) is 150 Å². The summed E-state index contributed by atoms with van der Waals surface area (Å²) in [5.74, 6) is -1.83. The fraction of sp³-hybridized carbons (Fsp3) is 0.368. The third kappa shape index (κ3) is 3.73. The molecular weight excluding hydrogens is 392 g/mol. The van der Waals surface area contributed by atoms with Crippen molar-refractivity contribution >= 4 is 35.0 Å². The van der Waals surface area contributed by atoms with Gasteiger partial charge in [0.2, 0.25) is 17.8 Å². The van der Waals surface area contributed by atoms with E-state index in [2.05, 4.69) is 20.6 Å². The summed E-state index contributed by atoms with van der Waals surface area (Å²) in [6.45, 7) is 1.49. The normalized spacial score (nSPS) is 18.3. The summed E-state index contributed by atoms with van der Waals surface area (Å²) in [4.78, 5) is 57.5. The van der Waals surface area contributed by atoms with Crippen LogP contribution in [0.25, 0.3) is 0 Å². The second-order valence-electron chi connectivity index (χ2n) is 7.27. The first-order chi connectivity index (χ1) is 14.4. The van der Waals surface area contributed by atoms with Gasteiger partial charge in [-0.2, -0.15) is 4.98 Å². The molecule has 0 spiro atoms. The van der Waals surface area contributed by atoms with Crippen molar-refractivity contribution in [2.45, 2.75) is 31.6 Å². The largest absolute Gasteiger partial charge is 0.342 e. The molecule has 1 aromatic heterocycles. The van der Waals surface area contributed by atoms with Crippen LogP contribution in [0.1, 0.15) is 37.2 Å². The van der Waals surface area contributed by atoms with Gasteiger partial charge in [-0.3, -0.25) is 29.5 Å². The molecule has 2 aliphatic rings. The van der Waals surface area contributed by atoms with E-state index in [1.807, 2.05) is 4.90 Å². The molecule has 1 fully saturated rings. The number of anilines is 3. The van der Waals surface area contributed by atoms with E-state index in [-0.39, 0.29) is 29.2 Å². The van der Waals surface area contributed by atoms with Gasteiger partial charge < -0.3 is 15.5 Å². The van der Waals surface area contributed by atoms with Crippen molar-refractivity contribution in [3.8, 4) is 0 Å². The van der Waals surface area contributed by atoms with E-state index in [1.54, 1.807) is 6.07 Å². The van der Waals surface area contributed by atoms with Crippen LogP contribution in [0.2, 0.25) is 0 Å². The Morgan fingerprint density at radius 1 is 1.20 bits per heavy atom. The number of hydrogen-bond acceptors (Lipinski definition) is 7. The second-order valence-corrected chi connectivity index (χ2v) is 7.27. The molecule has 1 aromatic carbocycles. The molecule has 3 N–H and O–H groups in total. The predicted octanol–water partition coefficient (Wildman–Crippen LogP) is 1.73. The van der Waals surface area contributed by atoms with Crippen molar-refractivity contribution in [2.24, 2.45) is 0 Å². The van der Waals surface area contributed by atoms with Crippen LogP contribution in [0.5, 0.6) is 0 Å². The Hall–Kier alpha value is -3.76. The minimum atomic E-state index is -1.11. The number of rotatable bonds is 4. The highest BCUT2D eigenvalue weighted by atomic mass is 16.6. The highest BCUT2D eigenvalue weighted by Gasteiger charge is 2.35. The number of nitro benzene ring substituents is 1. The smallest absolute Gasteiger partial charge is 0.292 e. The molecule has 11 nitrogen and oxygen atoms in total. The van der Waals surface area contributed by atoms with Gasteiger partial charge in [-0.25, -0.2) is 0 Å². The number of nitrogens with zero attached hydrogens (tertiary/aromatic N) is 3. The van der Waals surface area contributed by atoms with Gasteiger partial charge in [-0.1, -0.05) is 12.1 Å². The van der Waals surface area contributed by atoms with Gasteiger partial charge in [0.25, 0.3) is 11.2 Å². The van der Waals surface area contributed by atoms with Crippen molar-refractivity contribution in [1.29, 1.82) is 0 Å². The lowest BCUT2D eigenvalue weighted by molar-refractivity contribution is -0.383. The van der Waals surface area contributed by atoms with Gasteiger partial charge in [0.1, 0.15) is 11.5 Å². The maximum absolute atomic E-state index is 12.9. The number of piperidine rings is 1. The van der Waals surface area contributed by atoms with E-state index in [9.17, 15) is 24.5 Å². The molecule has 11 heteroatoms. The second kappa shape index (κ2) is 7.93. The number of benzene rings is 1. The molecule has 1 saturated heterocycles. The molecule has 2 aromatic rings. The lowest BCUT2D eigenvalue weighted by atomic mass is 9.92. The maximum atomic E-state index is 12.9. The number of amides is 2. The highest BCUT2D eigenvalue weighted by Crippen LogP contribution is 2.32. The molecule has 0 aliphatic carbocycles. The maximum Gasteiger partial charge on any atom is 0.292 e. The number of carbonyl (C=O) groups excluding carboxylic acids is 2. The molecule has 4 rings (SSSR count). The van der Waals surface area contributed by atoms with E-state index in [1.165, 1.54) is 18.2 Å². The Kier molecular flexibility index (Phi) is 5.17. The zero-order valence-electron chi connectivity index (χ0n) is 16.0. The predicted molar refractivity (Wildman–Crippen MR) is 109 cm³/mol. The molecule has 2 amide bonds. The number of nitro groups is 1. The van der Waals surface area contributed by atoms with Crippen molar-refractivity contribution in [2.75, 3.05) is 28.6 Å². The first-order valence-corrected chi connectivity index (χ1v) is 9.67. The van der Waals surface area contributed by atoms with Gasteiger partial charge in [0, 0.05) is 25.6 Å². The molecule has 3 heterocycles. The summed E-state index contributed by atoms with van der Waals surface area (Å²) in [7, 11) is 0. The number of carbonyl (C=O) groups is 2. The van der Waals surface area contributed by atoms with Gasteiger partial charge >= 0.3 is 0 Å². The van der Waals surface area contributed by atoms with Gasteiger partial charge in [0.05, 0.1) is 16.4 Å². The lowest BCUT2D eigenvalue weighted by Crippen LogP contribution is -2.38. The van der Waals surface area contributed by atoms with E-state index < -0.39 is 28.2 Å². The third-order valence-corrected chi connectivity index (χ3v) is 5.27. The van der Waals surface area contributed by atoms with E-state index in [0.29, 0.717) is 5.95 Å². The Balaban J connectivity index is 1.66. The summed E-state index contributed by atoms with van der Waals surface area (Å²) < 4.78 is 0. The zero-order chi connectivity index (χ0) is 21.3. The van der Waals surface area contributed by atoms with Gasteiger partial charge in [-0.05, 0) is 25.3 Å². The minimum Gasteiger partial charge on any atom is -0.342 e. The number of H-pyrrole nitrogens is 1. The fourth-order valence-electron chi connectivity index (χ4n) is 3.80. The van der Waals surface area contributed by atoms with Crippen LogP contribution in [0, 0.1) is 10.1 Å². The summed E-state index contributed by atoms with van der Waals surface area (Å²) in [5.41, 5.74) is -0.747. The van der Waals surface area contributed by atoms with Crippen LogP contribution in [0.3, 0.4) is 0 Å². The third-order valence-electron chi connectivity index (χ3n) is 5.27. The number of fused-ring (bicyclic) bond motifs is 1. The number of hydrogen-bond donors (Lipinski definition) is 3. The van der Waals surface area contributed by atoms with E-state index >= 15 is 0 Å². The molecule has 2 aliphatic heterocycles. The Bertz CT molecular complexity index is 1080. The molecule has 30 heavy (non-hydrogen) atoms. The Morgan fingerprint density at radius 3 is 2.67 bits per heavy atom. The zero-order valence-corrected chi connectivity index (χ0v) is 16.0. The average Bonchev–Trinajstić information content (AvgIpc) is 2.73. The lowest BCUT2D eigenvalue weighted by Gasteiger charge is -2.29. The Morgan fingerprint density at radius 2 is 1.93 bits per heavy atom. The standard InChI is InChI=1S/C19H20N6O5/c26-14-10-11(17(27)20-12-6-2-3-7-13(12)25(29)30)15-16(21-14)22-19(23-18(15)28)24-8-4-1-5-9-24/h2-3,6-7,11H,1,4-5,8-10H2,(H,20,27)(H2,21,22,23,26,28)/t11-/m0/s1. The summed E-state index contributed by atoms with van der Waals surface area (Å²) in [5, 5.41) is 16.2. The van der Waals surface area contributed by atoms with E-state index in [4.69, 9.17) is 0 Å². The quantitative estimate of drug-likeness (QED) is 0.511. The summed E-state index contributed by atoms with van der Waals surface area (Å²) in [6, 6.07) is 5.68. The molecule has 1 atom stereocenters. The molecule has 0 saturated carbocycles. The number of para-hydroxylation sites is 2. The van der Waals surface area contributed by atoms with Crippen LogP contribution in [0.4, 0.5) is 23.1 Å². The van der Waals surface area contributed by atoms with Crippen molar-refractivity contribution in [3.63, 3.8) is 0 Å². The molecule has 0 unspecified atom stereocenters. The minimum absolute atomic E-state index is 0.00523. The first kappa shape index (κ1) is 19.6. The first-order valence-electron chi connectivity index (χ1n) is 9.67. The molecule has 156 valence electrons. The van der Waals surface area contributed by atoms with Crippen LogP contribution in [0.15, 0.2) is 29.1 Å². The highest BCUT2D eigenvalue weighted by molar-refractivity contribution is 6.05. The van der Waals surface area contributed by atoms with Crippen molar-refractivity contribution in [3.05, 3.63) is 50.3 Å². The van der Waals surface area contributed by atoms with Gasteiger partial charge in [-0.15, -0.1) is 0 Å². The van der Waals surface area contributed by atoms with E-state index in [0.717, 1.165) is 32.4 Å². The summed E-state index contributed by atoms with van der Waals surface area (Å²) in [6.07, 6.45) is 2.81. The average molecular weight is 412 g/mol. The van der Waals surface area contributed by atoms with Gasteiger partial charge in [0.15, 0.2) is 0 Å². The SMILES string of the molecule is O=C1C[C@H](C(=O)Nc2ccccc2[N+](=O)[O-])c2c(nc(N3CCCCC3)[nH]c2=O)N1. The summed E-state index contributed by atoms with van der Waals surface area (Å²) >= 11 is 0. The van der Waals surface area contributed by atoms with Crippen LogP contribution in [-0.4, -0.2) is 39.8 Å². The number of nitrogens with one attached hydrogen (secondary N) is 3. The fourth-order valence-corrected chi connectivity index (χ4v) is 3.80. The Labute approximate surface area is 170 Å². The van der Waals surface area contributed by atoms with Crippen LogP contribution in [-0.2, 0) is 9.59 Å². The molecule has 0 radical (unpaired) electrons. The van der Waals surface area contributed by atoms with Crippen molar-refractivity contribution < 1.29 is 14.5 Å². The number of aromatic nitrogens is 2. The van der Waals surface area contributed by atoms with Crippen LogP contribution >= 0.6 is 0 Å². The molecule has 0 bridgehead atoms.